The molecule has 1 saturated carbocycles. The molecule has 1 heterocycles. The number of nitrogens with zero attached hydrogens (tertiary/aromatic N) is 1. The summed E-state index contributed by atoms with van der Waals surface area (Å²) in [6, 6.07) is 0. The van der Waals surface area contributed by atoms with E-state index in [0.717, 1.165) is 19.1 Å². The molecule has 22 heavy (non-hydrogen) atoms. The standard InChI is InChI=1S/C14H19N3O5/c15-11(18)9-8-22-10(17-9)7-16-12(19)14(13(20)21)5-3-1-2-4-6-14/h8H,1-7H2,(H2,15,18)(H,16,19)(H,20,21). The largest absolute Gasteiger partial charge is 0.480 e. The molecule has 0 unspecified atom stereocenters. The molecule has 1 fully saturated rings. The molecule has 1 aromatic rings. The summed E-state index contributed by atoms with van der Waals surface area (Å²) in [6.45, 7) is -0.0822. The number of oxazole rings is 1. The maximum absolute atomic E-state index is 12.4. The molecular weight excluding hydrogens is 290 g/mol. The average Bonchev–Trinajstić information content (AvgIpc) is 2.80. The fraction of sp³-hybridized carbons (Fsp3) is 0.571. The van der Waals surface area contributed by atoms with Gasteiger partial charge in [0.1, 0.15) is 11.7 Å². The highest BCUT2D eigenvalue weighted by atomic mass is 16.4. The second kappa shape index (κ2) is 6.59. The molecule has 0 spiro atoms. The molecule has 0 aromatic carbocycles. The SMILES string of the molecule is NC(=O)c1coc(CNC(=O)C2(C(=O)O)CCCCCC2)n1. The maximum Gasteiger partial charge on any atom is 0.319 e. The molecule has 0 aliphatic heterocycles. The molecule has 0 bridgehead atoms. The number of carbonyl (C=O) groups is 3. The van der Waals surface area contributed by atoms with Gasteiger partial charge in [-0.1, -0.05) is 25.7 Å². The number of amides is 2. The van der Waals surface area contributed by atoms with Crippen molar-refractivity contribution in [2.75, 3.05) is 0 Å². The molecule has 1 aromatic heterocycles. The minimum atomic E-state index is -1.39. The molecule has 0 radical (unpaired) electrons. The minimum Gasteiger partial charge on any atom is -0.480 e. The molecule has 2 amide bonds. The number of carboxylic acid groups (broad SMARTS) is 1. The summed E-state index contributed by atoms with van der Waals surface area (Å²) in [4.78, 5) is 38.7. The lowest BCUT2D eigenvalue weighted by molar-refractivity contribution is -0.157. The monoisotopic (exact) mass is 309 g/mol. The Labute approximate surface area is 127 Å². The summed E-state index contributed by atoms with van der Waals surface area (Å²) in [5.74, 6) is -2.26. The lowest BCUT2D eigenvalue weighted by Gasteiger charge is -2.26. The van der Waals surface area contributed by atoms with E-state index >= 15 is 0 Å². The first kappa shape index (κ1) is 16.0. The first-order valence-electron chi connectivity index (χ1n) is 7.21. The van der Waals surface area contributed by atoms with Crippen molar-refractivity contribution in [3.63, 3.8) is 0 Å². The molecular formula is C14H19N3O5. The van der Waals surface area contributed by atoms with Crippen molar-refractivity contribution in [1.29, 1.82) is 0 Å². The van der Waals surface area contributed by atoms with Gasteiger partial charge >= 0.3 is 5.97 Å². The number of nitrogens with two attached hydrogens (primary N) is 1. The predicted molar refractivity (Wildman–Crippen MR) is 74.6 cm³/mol. The van der Waals surface area contributed by atoms with Crippen LogP contribution >= 0.6 is 0 Å². The van der Waals surface area contributed by atoms with Crippen LogP contribution in [0.5, 0.6) is 0 Å². The van der Waals surface area contributed by atoms with E-state index in [0.29, 0.717) is 25.7 Å². The van der Waals surface area contributed by atoms with E-state index in [1.165, 1.54) is 0 Å². The smallest absolute Gasteiger partial charge is 0.319 e. The topological polar surface area (TPSA) is 136 Å². The zero-order valence-electron chi connectivity index (χ0n) is 12.1. The second-order valence-electron chi connectivity index (χ2n) is 5.47. The first-order valence-corrected chi connectivity index (χ1v) is 7.21. The van der Waals surface area contributed by atoms with Crippen LogP contribution in [0.15, 0.2) is 10.7 Å². The van der Waals surface area contributed by atoms with E-state index in [1.807, 2.05) is 0 Å². The zero-order valence-corrected chi connectivity index (χ0v) is 12.1. The third-order valence-corrected chi connectivity index (χ3v) is 4.01. The number of aliphatic carboxylic acids is 1. The normalized spacial score (nSPS) is 17.5. The van der Waals surface area contributed by atoms with Crippen molar-refractivity contribution in [3.05, 3.63) is 17.8 Å². The number of aromatic nitrogens is 1. The van der Waals surface area contributed by atoms with Crippen LogP contribution in [0, 0.1) is 5.41 Å². The van der Waals surface area contributed by atoms with Crippen molar-refractivity contribution in [2.45, 2.75) is 45.1 Å². The molecule has 8 heteroatoms. The van der Waals surface area contributed by atoms with E-state index in [2.05, 4.69) is 10.3 Å². The van der Waals surface area contributed by atoms with Gasteiger partial charge in [-0.25, -0.2) is 4.98 Å². The van der Waals surface area contributed by atoms with Crippen molar-refractivity contribution < 1.29 is 23.9 Å². The van der Waals surface area contributed by atoms with Gasteiger partial charge < -0.3 is 20.6 Å². The van der Waals surface area contributed by atoms with Crippen LogP contribution in [0.4, 0.5) is 0 Å². The van der Waals surface area contributed by atoms with E-state index in [9.17, 15) is 19.5 Å². The molecule has 1 aliphatic rings. The quantitative estimate of drug-likeness (QED) is 0.544. The highest BCUT2D eigenvalue weighted by molar-refractivity contribution is 6.01. The summed E-state index contributed by atoms with van der Waals surface area (Å²) in [7, 11) is 0. The van der Waals surface area contributed by atoms with Gasteiger partial charge in [-0.3, -0.25) is 14.4 Å². The van der Waals surface area contributed by atoms with E-state index in [4.69, 9.17) is 10.2 Å². The molecule has 8 nitrogen and oxygen atoms in total. The third-order valence-electron chi connectivity index (χ3n) is 4.01. The van der Waals surface area contributed by atoms with Gasteiger partial charge in [0.25, 0.3) is 5.91 Å². The Morgan fingerprint density at radius 3 is 2.41 bits per heavy atom. The molecule has 120 valence electrons. The maximum atomic E-state index is 12.4. The zero-order chi connectivity index (χ0) is 16.2. The average molecular weight is 309 g/mol. The van der Waals surface area contributed by atoms with Gasteiger partial charge in [-0.15, -0.1) is 0 Å². The van der Waals surface area contributed by atoms with Crippen molar-refractivity contribution in [1.82, 2.24) is 10.3 Å². The molecule has 2 rings (SSSR count). The Kier molecular flexibility index (Phi) is 4.79. The van der Waals surface area contributed by atoms with Gasteiger partial charge in [-0.05, 0) is 12.8 Å². The van der Waals surface area contributed by atoms with Gasteiger partial charge in [0.05, 0.1) is 6.54 Å². The Bertz CT molecular complexity index is 573. The van der Waals surface area contributed by atoms with Crippen molar-refractivity contribution in [2.24, 2.45) is 11.1 Å². The van der Waals surface area contributed by atoms with Crippen LogP contribution in [0.3, 0.4) is 0 Å². The number of hydrogen-bond acceptors (Lipinski definition) is 5. The second-order valence-corrected chi connectivity index (χ2v) is 5.47. The van der Waals surface area contributed by atoms with Crippen LogP contribution < -0.4 is 11.1 Å². The van der Waals surface area contributed by atoms with Crippen LogP contribution in [-0.2, 0) is 16.1 Å². The number of carboxylic acids is 1. The molecule has 1 aliphatic carbocycles. The van der Waals surface area contributed by atoms with Crippen LogP contribution in [0.25, 0.3) is 0 Å². The Morgan fingerprint density at radius 1 is 1.27 bits per heavy atom. The number of carbonyl (C=O) groups excluding carboxylic acids is 2. The highest BCUT2D eigenvalue weighted by Gasteiger charge is 2.45. The van der Waals surface area contributed by atoms with Crippen molar-refractivity contribution >= 4 is 17.8 Å². The van der Waals surface area contributed by atoms with E-state index in [-0.39, 0.29) is 18.1 Å². The van der Waals surface area contributed by atoms with Crippen LogP contribution in [0.1, 0.15) is 54.9 Å². The highest BCUT2D eigenvalue weighted by Crippen LogP contribution is 2.35. The molecule has 4 N–H and O–H groups in total. The summed E-state index contributed by atoms with van der Waals surface area (Å²) in [5.41, 5.74) is 3.62. The number of primary amides is 1. The van der Waals surface area contributed by atoms with E-state index < -0.39 is 23.2 Å². The minimum absolute atomic E-state index is 0.0355. The summed E-state index contributed by atoms with van der Waals surface area (Å²) in [6.07, 6.45) is 5.05. The Morgan fingerprint density at radius 2 is 1.91 bits per heavy atom. The number of nitrogens with one attached hydrogen (secondary N) is 1. The Balaban J connectivity index is 2.04. The first-order chi connectivity index (χ1) is 10.5. The summed E-state index contributed by atoms with van der Waals surface area (Å²) >= 11 is 0. The predicted octanol–water partition coefficient (Wildman–Crippen LogP) is 0.815. The van der Waals surface area contributed by atoms with Gasteiger partial charge in [0.2, 0.25) is 11.8 Å². The number of hydrogen-bond donors (Lipinski definition) is 3. The van der Waals surface area contributed by atoms with Gasteiger partial charge in [0.15, 0.2) is 5.69 Å². The van der Waals surface area contributed by atoms with Crippen LogP contribution in [0.2, 0.25) is 0 Å². The van der Waals surface area contributed by atoms with Gasteiger partial charge in [-0.2, -0.15) is 0 Å². The molecule has 0 saturated heterocycles. The third kappa shape index (κ3) is 3.26. The fourth-order valence-corrected chi connectivity index (χ4v) is 2.70. The van der Waals surface area contributed by atoms with Crippen LogP contribution in [-0.4, -0.2) is 27.9 Å². The number of rotatable bonds is 5. The Hall–Kier alpha value is -2.38. The summed E-state index contributed by atoms with van der Waals surface area (Å²) < 4.78 is 5.01. The lowest BCUT2D eigenvalue weighted by atomic mass is 9.79. The fourth-order valence-electron chi connectivity index (χ4n) is 2.70. The molecule has 0 atom stereocenters. The van der Waals surface area contributed by atoms with Crippen molar-refractivity contribution in [3.8, 4) is 0 Å². The van der Waals surface area contributed by atoms with E-state index in [1.54, 1.807) is 0 Å². The lowest BCUT2D eigenvalue weighted by Crippen LogP contribution is -2.46. The summed E-state index contributed by atoms with van der Waals surface area (Å²) in [5, 5.41) is 12.0. The van der Waals surface area contributed by atoms with Gasteiger partial charge in [0, 0.05) is 0 Å².